The Labute approximate surface area is 197 Å². The summed E-state index contributed by atoms with van der Waals surface area (Å²) in [5, 5.41) is 3.65. The Bertz CT molecular complexity index is 919. The van der Waals surface area contributed by atoms with Crippen molar-refractivity contribution < 1.29 is 32.2 Å². The summed E-state index contributed by atoms with van der Waals surface area (Å²) in [5.74, 6) is -0.621. The van der Waals surface area contributed by atoms with E-state index in [-0.39, 0.29) is 18.5 Å². The van der Waals surface area contributed by atoms with Crippen molar-refractivity contribution in [3.05, 3.63) is 29.1 Å². The van der Waals surface area contributed by atoms with Crippen LogP contribution < -0.4 is 5.32 Å². The van der Waals surface area contributed by atoms with Gasteiger partial charge in [-0.15, -0.1) is 0 Å². The molecular formula is C24H32F3N3O4. The molecule has 0 aromatic carbocycles. The lowest BCUT2D eigenvalue weighted by atomic mass is 9.78. The average molecular weight is 484 g/mol. The Balaban J connectivity index is 1.54. The van der Waals surface area contributed by atoms with Gasteiger partial charge in [0.2, 0.25) is 5.91 Å². The zero-order chi connectivity index (χ0) is 24.5. The smallest absolute Gasteiger partial charge is 0.417 e. The topological polar surface area (TPSA) is 80.8 Å². The van der Waals surface area contributed by atoms with Gasteiger partial charge < -0.3 is 19.7 Å². The average Bonchev–Trinajstić information content (AvgIpc) is 3.22. The molecule has 1 aromatic heterocycles. The highest BCUT2D eigenvalue weighted by Crippen LogP contribution is 2.45. The Kier molecular flexibility index (Phi) is 7.19. The molecule has 188 valence electrons. The van der Waals surface area contributed by atoms with Crippen molar-refractivity contribution in [3.63, 3.8) is 0 Å². The molecule has 1 N–H and O–H groups in total. The van der Waals surface area contributed by atoms with E-state index in [1.54, 1.807) is 11.8 Å². The number of hydrogen-bond donors (Lipinski definition) is 1. The van der Waals surface area contributed by atoms with Crippen LogP contribution in [-0.4, -0.2) is 59.7 Å². The van der Waals surface area contributed by atoms with Gasteiger partial charge in [0.1, 0.15) is 6.10 Å². The number of hydrogen-bond acceptors (Lipinski definition) is 6. The maximum Gasteiger partial charge on any atom is 0.417 e. The summed E-state index contributed by atoms with van der Waals surface area (Å²) < 4.78 is 50.6. The molecule has 3 atom stereocenters. The molecule has 0 radical (unpaired) electrons. The van der Waals surface area contributed by atoms with Gasteiger partial charge in [0.15, 0.2) is 0 Å². The first-order valence-corrected chi connectivity index (χ1v) is 11.9. The molecule has 2 fully saturated rings. The van der Waals surface area contributed by atoms with Crippen LogP contribution in [0.1, 0.15) is 62.8 Å². The fourth-order valence-electron chi connectivity index (χ4n) is 5.58. The lowest BCUT2D eigenvalue weighted by molar-refractivity contribution is -0.162. The number of aromatic nitrogens is 1. The number of carbonyl (C=O) groups is 2. The lowest BCUT2D eigenvalue weighted by Crippen LogP contribution is -2.52. The maximum atomic E-state index is 13.9. The second-order valence-electron chi connectivity index (χ2n) is 9.71. The molecule has 10 heteroatoms. The van der Waals surface area contributed by atoms with Crippen LogP contribution >= 0.6 is 0 Å². The fourth-order valence-corrected chi connectivity index (χ4v) is 5.58. The molecule has 1 amide bonds. The molecule has 1 aromatic rings. The van der Waals surface area contributed by atoms with Crippen molar-refractivity contribution in [2.24, 2.45) is 5.41 Å². The molecule has 7 nitrogen and oxygen atoms in total. The van der Waals surface area contributed by atoms with Crippen LogP contribution in [0.2, 0.25) is 0 Å². The van der Waals surface area contributed by atoms with Crippen LogP contribution in [-0.2, 0) is 38.2 Å². The molecule has 0 bridgehead atoms. The number of pyridine rings is 1. The first kappa shape index (κ1) is 24.9. The van der Waals surface area contributed by atoms with Gasteiger partial charge in [0, 0.05) is 63.6 Å². The highest BCUT2D eigenvalue weighted by Gasteiger charge is 2.53. The van der Waals surface area contributed by atoms with Gasteiger partial charge in [-0.2, -0.15) is 13.2 Å². The third kappa shape index (κ3) is 5.22. The van der Waals surface area contributed by atoms with E-state index in [9.17, 15) is 22.8 Å². The van der Waals surface area contributed by atoms with Gasteiger partial charge in [-0.1, -0.05) is 0 Å². The first-order chi connectivity index (χ1) is 16.1. The largest absolute Gasteiger partial charge is 0.462 e. The predicted octanol–water partition coefficient (Wildman–Crippen LogP) is 3.24. The van der Waals surface area contributed by atoms with E-state index < -0.39 is 29.2 Å². The zero-order valence-electron chi connectivity index (χ0n) is 19.6. The molecular weight excluding hydrogens is 451 g/mol. The molecule has 4 rings (SSSR count). The number of ether oxygens (including phenoxy) is 2. The van der Waals surface area contributed by atoms with E-state index in [1.807, 2.05) is 0 Å². The normalized spacial score (nSPS) is 26.7. The molecule has 3 aliphatic rings. The summed E-state index contributed by atoms with van der Waals surface area (Å²) in [6.07, 6.45) is -0.242. The Morgan fingerprint density at radius 2 is 2.00 bits per heavy atom. The number of nitrogens with zero attached hydrogens (tertiary/aromatic N) is 2. The summed E-state index contributed by atoms with van der Waals surface area (Å²) >= 11 is 0. The van der Waals surface area contributed by atoms with Crippen LogP contribution in [0.25, 0.3) is 0 Å². The fraction of sp³-hybridized carbons (Fsp3) is 0.708. The lowest BCUT2D eigenvalue weighted by Gasteiger charge is -2.40. The molecule has 3 heterocycles. The minimum absolute atomic E-state index is 0.0671. The molecule has 1 saturated heterocycles. The van der Waals surface area contributed by atoms with E-state index in [0.717, 1.165) is 31.5 Å². The molecule has 2 aliphatic heterocycles. The minimum Gasteiger partial charge on any atom is -0.462 e. The highest BCUT2D eigenvalue weighted by molar-refractivity contribution is 5.84. The Morgan fingerprint density at radius 3 is 2.68 bits per heavy atom. The van der Waals surface area contributed by atoms with Crippen molar-refractivity contribution >= 4 is 11.9 Å². The number of esters is 1. The summed E-state index contributed by atoms with van der Waals surface area (Å²) in [4.78, 5) is 31.3. The molecule has 1 aliphatic carbocycles. The quantitative estimate of drug-likeness (QED) is 0.648. The third-order valence-corrected chi connectivity index (χ3v) is 7.44. The standard InChI is InChI=1S/C24H32F3N3O4/c1-15(34-16(2)31)23(7-3-20(12-23)29-19-5-9-33-10-6-19)22(32)30-8-4-21-17(14-30)11-18(13-28-21)24(25,26)27/h11,13,15,19-20,29H,3-10,12,14H2,1-2H3/t15?,20-,23+/m1/s1. The molecule has 1 saturated carbocycles. The highest BCUT2D eigenvalue weighted by atomic mass is 19.4. The van der Waals surface area contributed by atoms with E-state index >= 15 is 0 Å². The molecule has 34 heavy (non-hydrogen) atoms. The van der Waals surface area contributed by atoms with Crippen molar-refractivity contribution in [2.45, 2.75) is 83.3 Å². The van der Waals surface area contributed by atoms with E-state index in [2.05, 4.69) is 10.3 Å². The number of nitrogens with one attached hydrogen (secondary N) is 1. The van der Waals surface area contributed by atoms with Crippen molar-refractivity contribution in [1.29, 1.82) is 0 Å². The van der Waals surface area contributed by atoms with Crippen LogP contribution in [0.5, 0.6) is 0 Å². The van der Waals surface area contributed by atoms with Crippen LogP contribution in [0.15, 0.2) is 12.3 Å². The maximum absolute atomic E-state index is 13.9. The summed E-state index contributed by atoms with van der Waals surface area (Å²) in [5.41, 5.74) is -0.726. The van der Waals surface area contributed by atoms with Gasteiger partial charge in [-0.05, 0) is 50.7 Å². The number of rotatable bonds is 5. The monoisotopic (exact) mass is 483 g/mol. The number of fused-ring (bicyclic) bond motifs is 1. The first-order valence-electron chi connectivity index (χ1n) is 11.9. The number of alkyl halides is 3. The summed E-state index contributed by atoms with van der Waals surface area (Å²) in [7, 11) is 0. The number of amides is 1. The predicted molar refractivity (Wildman–Crippen MR) is 117 cm³/mol. The Morgan fingerprint density at radius 1 is 1.26 bits per heavy atom. The van der Waals surface area contributed by atoms with E-state index in [0.29, 0.717) is 56.3 Å². The van der Waals surface area contributed by atoms with Crippen LogP contribution in [0, 0.1) is 5.41 Å². The molecule has 0 spiro atoms. The second-order valence-corrected chi connectivity index (χ2v) is 9.71. The van der Waals surface area contributed by atoms with Gasteiger partial charge in [0.25, 0.3) is 0 Å². The third-order valence-electron chi connectivity index (χ3n) is 7.44. The Hall–Kier alpha value is -2.20. The van der Waals surface area contributed by atoms with Crippen LogP contribution in [0.4, 0.5) is 13.2 Å². The minimum atomic E-state index is -4.49. The van der Waals surface area contributed by atoms with Gasteiger partial charge in [-0.3, -0.25) is 14.6 Å². The SMILES string of the molecule is CC(=O)OC(C)[C@]1(C(=O)N2CCc3ncc(C(F)(F)F)cc3C2)CC[C@@H](NC2CCOCC2)C1. The van der Waals surface area contributed by atoms with Crippen LogP contribution in [0.3, 0.4) is 0 Å². The van der Waals surface area contributed by atoms with E-state index in [1.165, 1.54) is 6.92 Å². The van der Waals surface area contributed by atoms with Gasteiger partial charge in [0.05, 0.1) is 11.0 Å². The summed E-state index contributed by atoms with van der Waals surface area (Å²) in [6, 6.07) is 1.51. The number of carbonyl (C=O) groups excluding carboxylic acids is 2. The van der Waals surface area contributed by atoms with Crippen molar-refractivity contribution in [1.82, 2.24) is 15.2 Å². The zero-order valence-corrected chi connectivity index (χ0v) is 19.6. The van der Waals surface area contributed by atoms with E-state index in [4.69, 9.17) is 9.47 Å². The van der Waals surface area contributed by atoms with Gasteiger partial charge in [-0.25, -0.2) is 0 Å². The van der Waals surface area contributed by atoms with Crippen molar-refractivity contribution in [3.8, 4) is 0 Å². The summed E-state index contributed by atoms with van der Waals surface area (Å²) in [6.45, 7) is 4.92. The van der Waals surface area contributed by atoms with Gasteiger partial charge >= 0.3 is 12.1 Å². The molecule has 1 unspecified atom stereocenters. The van der Waals surface area contributed by atoms with Crippen molar-refractivity contribution in [2.75, 3.05) is 19.8 Å². The number of halogens is 3. The second kappa shape index (κ2) is 9.81.